The molecule has 2 fully saturated rings. The van der Waals surface area contributed by atoms with Gasteiger partial charge in [0.05, 0.1) is 0 Å². The van der Waals surface area contributed by atoms with E-state index < -0.39 is 0 Å². The smallest absolute Gasteiger partial charge is 0.317 e. The van der Waals surface area contributed by atoms with Gasteiger partial charge >= 0.3 is 6.03 Å². The maximum Gasteiger partial charge on any atom is 0.317 e. The monoisotopic (exact) mass is 224 g/mol. The van der Waals surface area contributed by atoms with Crippen molar-refractivity contribution < 1.29 is 4.79 Å². The zero-order valence-electron chi connectivity index (χ0n) is 10.4. The Labute approximate surface area is 98.6 Å². The summed E-state index contributed by atoms with van der Waals surface area (Å²) in [4.78, 5) is 14.0. The lowest BCUT2D eigenvalue weighted by molar-refractivity contribution is 0.180. The van der Waals surface area contributed by atoms with E-state index in [1.165, 1.54) is 44.9 Å². The zero-order chi connectivity index (χ0) is 11.4. The number of carbonyl (C=O) groups is 1. The van der Waals surface area contributed by atoms with Crippen molar-refractivity contribution >= 4 is 6.03 Å². The molecule has 1 heterocycles. The number of nitrogens with one attached hydrogen (secondary N) is 1. The van der Waals surface area contributed by atoms with Crippen LogP contribution in [0.3, 0.4) is 0 Å². The highest BCUT2D eigenvalue weighted by Gasteiger charge is 2.26. The number of rotatable bonds is 2. The van der Waals surface area contributed by atoms with E-state index in [0.29, 0.717) is 6.04 Å². The Kier molecular flexibility index (Phi) is 4.08. The molecule has 2 aliphatic rings. The van der Waals surface area contributed by atoms with Crippen LogP contribution in [0, 0.1) is 5.92 Å². The molecule has 3 nitrogen and oxygen atoms in total. The van der Waals surface area contributed by atoms with Crippen molar-refractivity contribution in [1.82, 2.24) is 10.2 Å². The van der Waals surface area contributed by atoms with Crippen LogP contribution in [-0.4, -0.2) is 30.1 Å². The van der Waals surface area contributed by atoms with Gasteiger partial charge in [-0.05, 0) is 38.5 Å². The van der Waals surface area contributed by atoms with Crippen LogP contribution in [0.2, 0.25) is 0 Å². The molecule has 16 heavy (non-hydrogen) atoms. The lowest BCUT2D eigenvalue weighted by Gasteiger charge is -2.33. The molecule has 2 rings (SSSR count). The number of amides is 2. The number of hydrogen-bond donors (Lipinski definition) is 1. The van der Waals surface area contributed by atoms with E-state index in [0.717, 1.165) is 19.0 Å². The molecule has 1 saturated carbocycles. The summed E-state index contributed by atoms with van der Waals surface area (Å²) in [6.07, 6.45) is 8.83. The number of urea groups is 1. The summed E-state index contributed by atoms with van der Waals surface area (Å²) >= 11 is 0. The lowest BCUT2D eigenvalue weighted by Crippen LogP contribution is -2.47. The maximum atomic E-state index is 12.0. The molecule has 0 aromatic carbocycles. The van der Waals surface area contributed by atoms with Crippen LogP contribution in [0.5, 0.6) is 0 Å². The van der Waals surface area contributed by atoms with Gasteiger partial charge in [-0.15, -0.1) is 0 Å². The first kappa shape index (κ1) is 11.7. The summed E-state index contributed by atoms with van der Waals surface area (Å²) in [6.45, 7) is 4.05. The van der Waals surface area contributed by atoms with Gasteiger partial charge in [0.2, 0.25) is 0 Å². The summed E-state index contributed by atoms with van der Waals surface area (Å²) in [7, 11) is 0. The molecule has 0 aromatic heterocycles. The second-order valence-electron chi connectivity index (χ2n) is 5.33. The summed E-state index contributed by atoms with van der Waals surface area (Å²) in [5, 5.41) is 3.17. The van der Waals surface area contributed by atoms with Crippen molar-refractivity contribution in [3.8, 4) is 0 Å². The van der Waals surface area contributed by atoms with Gasteiger partial charge in [-0.25, -0.2) is 4.79 Å². The van der Waals surface area contributed by atoms with E-state index in [-0.39, 0.29) is 6.03 Å². The van der Waals surface area contributed by atoms with Crippen LogP contribution in [0.1, 0.15) is 51.9 Å². The fourth-order valence-corrected chi connectivity index (χ4v) is 2.62. The first-order chi connectivity index (χ1) is 7.77. The Morgan fingerprint density at radius 3 is 2.25 bits per heavy atom. The summed E-state index contributed by atoms with van der Waals surface area (Å²) in [6, 6.07) is 0.533. The van der Waals surface area contributed by atoms with E-state index in [2.05, 4.69) is 12.2 Å². The maximum absolute atomic E-state index is 12.0. The fraction of sp³-hybridized carbons (Fsp3) is 0.923. The van der Waals surface area contributed by atoms with Crippen molar-refractivity contribution in [1.29, 1.82) is 0 Å². The minimum atomic E-state index is 0.168. The highest BCUT2D eigenvalue weighted by Crippen LogP contribution is 2.29. The van der Waals surface area contributed by atoms with E-state index in [1.807, 2.05) is 4.90 Å². The van der Waals surface area contributed by atoms with Crippen molar-refractivity contribution in [2.75, 3.05) is 13.1 Å². The van der Waals surface area contributed by atoms with Crippen molar-refractivity contribution in [2.24, 2.45) is 5.92 Å². The van der Waals surface area contributed by atoms with E-state index in [4.69, 9.17) is 0 Å². The molecule has 1 atom stereocenters. The van der Waals surface area contributed by atoms with E-state index >= 15 is 0 Å². The molecule has 1 unspecified atom stereocenters. The van der Waals surface area contributed by atoms with Crippen molar-refractivity contribution in [3.63, 3.8) is 0 Å². The van der Waals surface area contributed by atoms with Crippen LogP contribution in [0.4, 0.5) is 4.79 Å². The largest absolute Gasteiger partial charge is 0.335 e. The van der Waals surface area contributed by atoms with Gasteiger partial charge in [0.25, 0.3) is 0 Å². The Bertz CT molecular complexity index is 230. The van der Waals surface area contributed by atoms with Gasteiger partial charge in [0.15, 0.2) is 0 Å². The van der Waals surface area contributed by atoms with Crippen molar-refractivity contribution in [2.45, 2.75) is 57.9 Å². The van der Waals surface area contributed by atoms with Crippen molar-refractivity contribution in [3.05, 3.63) is 0 Å². The molecule has 92 valence electrons. The third kappa shape index (κ3) is 2.89. The standard InChI is InChI=1S/C13H24N2O/c1-11(12-7-6-8-12)14-13(16)15-9-4-2-3-5-10-15/h11-12H,2-10H2,1H3,(H,14,16). The lowest BCUT2D eigenvalue weighted by atomic mass is 9.80. The third-order valence-corrected chi connectivity index (χ3v) is 4.10. The van der Waals surface area contributed by atoms with Gasteiger partial charge in [-0.3, -0.25) is 0 Å². The normalized spacial score (nSPS) is 24.4. The van der Waals surface area contributed by atoms with Crippen LogP contribution in [-0.2, 0) is 0 Å². The minimum Gasteiger partial charge on any atom is -0.335 e. The number of carbonyl (C=O) groups excluding carboxylic acids is 1. The predicted molar refractivity (Wildman–Crippen MR) is 65.4 cm³/mol. The molecule has 1 saturated heterocycles. The Morgan fingerprint density at radius 2 is 1.75 bits per heavy atom. The van der Waals surface area contributed by atoms with Gasteiger partial charge in [0.1, 0.15) is 0 Å². The molecule has 1 aliphatic carbocycles. The highest BCUT2D eigenvalue weighted by molar-refractivity contribution is 5.74. The van der Waals surface area contributed by atoms with Gasteiger partial charge in [-0.1, -0.05) is 19.3 Å². The topological polar surface area (TPSA) is 32.3 Å². The van der Waals surface area contributed by atoms with E-state index in [9.17, 15) is 4.79 Å². The van der Waals surface area contributed by atoms with E-state index in [1.54, 1.807) is 0 Å². The molecular weight excluding hydrogens is 200 g/mol. The minimum absolute atomic E-state index is 0.168. The summed E-state index contributed by atoms with van der Waals surface area (Å²) < 4.78 is 0. The van der Waals surface area contributed by atoms with Crippen LogP contribution >= 0.6 is 0 Å². The second-order valence-corrected chi connectivity index (χ2v) is 5.33. The molecule has 2 amide bonds. The first-order valence-corrected chi connectivity index (χ1v) is 6.83. The number of hydrogen-bond acceptors (Lipinski definition) is 1. The van der Waals surface area contributed by atoms with Gasteiger partial charge < -0.3 is 10.2 Å². The SMILES string of the molecule is CC(NC(=O)N1CCCCCC1)C1CCC1. The first-order valence-electron chi connectivity index (χ1n) is 6.83. The number of likely N-dealkylation sites (tertiary alicyclic amines) is 1. The molecule has 1 N–H and O–H groups in total. The zero-order valence-corrected chi connectivity index (χ0v) is 10.4. The average Bonchev–Trinajstić information content (AvgIpc) is 2.42. The second kappa shape index (κ2) is 5.55. The quantitative estimate of drug-likeness (QED) is 0.768. The molecular formula is C13H24N2O. The molecule has 3 heteroatoms. The van der Waals surface area contributed by atoms with Gasteiger partial charge in [-0.2, -0.15) is 0 Å². The number of nitrogens with zero attached hydrogens (tertiary/aromatic N) is 1. The van der Waals surface area contributed by atoms with Crippen LogP contribution < -0.4 is 5.32 Å². The fourth-order valence-electron chi connectivity index (χ4n) is 2.62. The Hall–Kier alpha value is -0.730. The summed E-state index contributed by atoms with van der Waals surface area (Å²) in [5.74, 6) is 0.732. The molecule has 0 aromatic rings. The molecule has 0 spiro atoms. The molecule has 0 radical (unpaired) electrons. The highest BCUT2D eigenvalue weighted by atomic mass is 16.2. The Morgan fingerprint density at radius 1 is 1.12 bits per heavy atom. The van der Waals surface area contributed by atoms with Gasteiger partial charge in [0, 0.05) is 19.1 Å². The van der Waals surface area contributed by atoms with Crippen LogP contribution in [0.15, 0.2) is 0 Å². The third-order valence-electron chi connectivity index (χ3n) is 4.10. The summed E-state index contributed by atoms with van der Waals surface area (Å²) in [5.41, 5.74) is 0. The molecule has 1 aliphatic heterocycles. The predicted octanol–water partition coefficient (Wildman–Crippen LogP) is 2.76. The average molecular weight is 224 g/mol. The van der Waals surface area contributed by atoms with Crippen LogP contribution in [0.25, 0.3) is 0 Å². The Balaban J connectivity index is 1.76. The molecule has 0 bridgehead atoms.